The van der Waals surface area contributed by atoms with Crippen molar-refractivity contribution in [2.45, 2.75) is 25.9 Å². The van der Waals surface area contributed by atoms with E-state index in [1.54, 1.807) is 6.92 Å². The molecule has 1 heterocycles. The van der Waals surface area contributed by atoms with Crippen LogP contribution in [0.25, 0.3) is 0 Å². The second-order valence-electron chi connectivity index (χ2n) is 4.33. The van der Waals surface area contributed by atoms with Crippen molar-refractivity contribution in [3.8, 4) is 0 Å². The van der Waals surface area contributed by atoms with E-state index in [0.717, 1.165) is 26.2 Å². The maximum Gasteiger partial charge on any atom is 0.222 e. The van der Waals surface area contributed by atoms with Crippen molar-refractivity contribution < 1.29 is 15.0 Å². The highest BCUT2D eigenvalue weighted by Crippen LogP contribution is 2.06. The summed E-state index contributed by atoms with van der Waals surface area (Å²) in [6.07, 6.45) is 0.563. The molecule has 0 aromatic heterocycles. The van der Waals surface area contributed by atoms with Crippen molar-refractivity contribution in [3.05, 3.63) is 0 Å². The molecule has 1 fully saturated rings. The smallest absolute Gasteiger partial charge is 0.222 e. The highest BCUT2D eigenvalue weighted by atomic mass is 16.3. The zero-order valence-corrected chi connectivity index (χ0v) is 9.93. The molecule has 1 unspecified atom stereocenters. The molecule has 0 aromatic carbocycles. The van der Waals surface area contributed by atoms with Gasteiger partial charge in [0.1, 0.15) is 0 Å². The largest absolute Gasteiger partial charge is 0.395 e. The zero-order valence-electron chi connectivity index (χ0n) is 9.93. The van der Waals surface area contributed by atoms with E-state index in [1.807, 2.05) is 4.90 Å². The van der Waals surface area contributed by atoms with Crippen molar-refractivity contribution in [1.82, 2.24) is 9.80 Å². The Morgan fingerprint density at radius 1 is 1.31 bits per heavy atom. The number of nitrogens with zero attached hydrogens (tertiary/aromatic N) is 2. The van der Waals surface area contributed by atoms with Gasteiger partial charge in [0.25, 0.3) is 0 Å². The number of rotatable bonds is 5. The van der Waals surface area contributed by atoms with Crippen LogP contribution in [0, 0.1) is 0 Å². The molecule has 0 spiro atoms. The summed E-state index contributed by atoms with van der Waals surface area (Å²) < 4.78 is 0. The van der Waals surface area contributed by atoms with Crippen LogP contribution in [0.3, 0.4) is 0 Å². The molecular formula is C11H22N2O3. The van der Waals surface area contributed by atoms with Crippen LogP contribution in [0.2, 0.25) is 0 Å². The van der Waals surface area contributed by atoms with Gasteiger partial charge < -0.3 is 15.1 Å². The first kappa shape index (κ1) is 13.4. The van der Waals surface area contributed by atoms with Gasteiger partial charge in [0, 0.05) is 39.1 Å². The number of aliphatic hydroxyl groups is 2. The first-order valence-electron chi connectivity index (χ1n) is 5.92. The summed E-state index contributed by atoms with van der Waals surface area (Å²) in [5.74, 6) is 0.129. The predicted octanol–water partition coefficient (Wildman–Crippen LogP) is -0.716. The van der Waals surface area contributed by atoms with E-state index in [0.29, 0.717) is 19.4 Å². The molecule has 0 saturated carbocycles. The molecule has 0 radical (unpaired) electrons. The van der Waals surface area contributed by atoms with Gasteiger partial charge in [-0.25, -0.2) is 0 Å². The maximum absolute atomic E-state index is 11.7. The minimum atomic E-state index is -0.403. The number of piperazine rings is 1. The Balaban J connectivity index is 2.22. The SMILES string of the molecule is CC(O)CCC(=O)N1CCN(CCO)CC1. The van der Waals surface area contributed by atoms with Crippen LogP contribution in [0.1, 0.15) is 19.8 Å². The minimum Gasteiger partial charge on any atom is -0.395 e. The van der Waals surface area contributed by atoms with Gasteiger partial charge in [-0.3, -0.25) is 9.69 Å². The van der Waals surface area contributed by atoms with Gasteiger partial charge in [-0.1, -0.05) is 0 Å². The zero-order chi connectivity index (χ0) is 12.0. The second-order valence-corrected chi connectivity index (χ2v) is 4.33. The van der Waals surface area contributed by atoms with E-state index in [-0.39, 0.29) is 12.5 Å². The Bertz CT molecular complexity index is 213. The molecule has 2 N–H and O–H groups in total. The van der Waals surface area contributed by atoms with Crippen molar-refractivity contribution in [3.63, 3.8) is 0 Å². The molecule has 0 bridgehead atoms. The number of amides is 1. The topological polar surface area (TPSA) is 64.0 Å². The molecule has 1 aliphatic rings. The normalized spacial score (nSPS) is 19.8. The Morgan fingerprint density at radius 2 is 1.94 bits per heavy atom. The maximum atomic E-state index is 11.7. The molecule has 1 amide bonds. The minimum absolute atomic E-state index is 0.129. The molecule has 16 heavy (non-hydrogen) atoms. The number of carbonyl (C=O) groups is 1. The van der Waals surface area contributed by atoms with Crippen LogP contribution < -0.4 is 0 Å². The van der Waals surface area contributed by atoms with Gasteiger partial charge in [-0.2, -0.15) is 0 Å². The Morgan fingerprint density at radius 3 is 2.44 bits per heavy atom. The number of carbonyl (C=O) groups excluding carboxylic acids is 1. The van der Waals surface area contributed by atoms with Gasteiger partial charge in [0.15, 0.2) is 0 Å². The number of hydrogen-bond acceptors (Lipinski definition) is 4. The summed E-state index contributed by atoms with van der Waals surface area (Å²) in [6.45, 7) is 5.71. The molecule has 1 saturated heterocycles. The van der Waals surface area contributed by atoms with E-state index in [1.165, 1.54) is 0 Å². The fourth-order valence-electron chi connectivity index (χ4n) is 1.85. The van der Waals surface area contributed by atoms with E-state index in [2.05, 4.69) is 4.90 Å². The summed E-state index contributed by atoms with van der Waals surface area (Å²) in [4.78, 5) is 15.7. The Kier molecular flexibility index (Phi) is 5.73. The average molecular weight is 230 g/mol. The lowest BCUT2D eigenvalue weighted by Crippen LogP contribution is -2.49. The highest BCUT2D eigenvalue weighted by Gasteiger charge is 2.20. The van der Waals surface area contributed by atoms with Crippen molar-refractivity contribution in [2.24, 2.45) is 0 Å². The van der Waals surface area contributed by atoms with Crippen LogP contribution in [-0.4, -0.2) is 71.4 Å². The van der Waals surface area contributed by atoms with Crippen LogP contribution in [-0.2, 0) is 4.79 Å². The van der Waals surface area contributed by atoms with Gasteiger partial charge in [0.05, 0.1) is 12.7 Å². The number of aliphatic hydroxyl groups excluding tert-OH is 2. The highest BCUT2D eigenvalue weighted by molar-refractivity contribution is 5.76. The third kappa shape index (κ3) is 4.47. The first-order chi connectivity index (χ1) is 7.63. The summed E-state index contributed by atoms with van der Waals surface area (Å²) in [6, 6.07) is 0. The van der Waals surface area contributed by atoms with Gasteiger partial charge in [-0.15, -0.1) is 0 Å². The molecule has 1 rings (SSSR count). The summed E-state index contributed by atoms with van der Waals surface area (Å²) >= 11 is 0. The Labute approximate surface area is 96.7 Å². The van der Waals surface area contributed by atoms with Crippen LogP contribution in [0.5, 0.6) is 0 Å². The number of hydrogen-bond donors (Lipinski definition) is 2. The quantitative estimate of drug-likeness (QED) is 0.654. The predicted molar refractivity (Wildman–Crippen MR) is 61.0 cm³/mol. The monoisotopic (exact) mass is 230 g/mol. The molecule has 0 aliphatic carbocycles. The van der Waals surface area contributed by atoms with Crippen LogP contribution in [0.15, 0.2) is 0 Å². The molecular weight excluding hydrogens is 208 g/mol. The second kappa shape index (κ2) is 6.83. The van der Waals surface area contributed by atoms with Gasteiger partial charge >= 0.3 is 0 Å². The number of β-amino-alcohol motifs (C(OH)–C–C–N with tert-alkyl or cyclic N) is 1. The lowest BCUT2D eigenvalue weighted by molar-refractivity contribution is -0.133. The summed E-state index contributed by atoms with van der Waals surface area (Å²) in [5.41, 5.74) is 0. The third-order valence-corrected chi connectivity index (χ3v) is 2.92. The molecule has 5 nitrogen and oxygen atoms in total. The van der Waals surface area contributed by atoms with E-state index in [4.69, 9.17) is 10.2 Å². The average Bonchev–Trinajstić information content (AvgIpc) is 2.27. The van der Waals surface area contributed by atoms with Crippen molar-refractivity contribution in [1.29, 1.82) is 0 Å². The molecule has 5 heteroatoms. The lowest BCUT2D eigenvalue weighted by atomic mass is 10.2. The summed E-state index contributed by atoms with van der Waals surface area (Å²) in [7, 11) is 0. The van der Waals surface area contributed by atoms with Crippen LogP contribution >= 0.6 is 0 Å². The fraction of sp³-hybridized carbons (Fsp3) is 0.909. The van der Waals surface area contributed by atoms with Crippen molar-refractivity contribution >= 4 is 5.91 Å². The van der Waals surface area contributed by atoms with E-state index < -0.39 is 6.10 Å². The first-order valence-corrected chi connectivity index (χ1v) is 5.92. The molecule has 0 aromatic rings. The lowest BCUT2D eigenvalue weighted by Gasteiger charge is -2.34. The summed E-state index contributed by atoms with van der Waals surface area (Å²) in [5, 5.41) is 17.9. The fourth-order valence-corrected chi connectivity index (χ4v) is 1.85. The third-order valence-electron chi connectivity index (χ3n) is 2.92. The molecule has 1 aliphatic heterocycles. The van der Waals surface area contributed by atoms with E-state index in [9.17, 15) is 4.79 Å². The Hall–Kier alpha value is -0.650. The van der Waals surface area contributed by atoms with Gasteiger partial charge in [0.2, 0.25) is 5.91 Å². The molecule has 94 valence electrons. The van der Waals surface area contributed by atoms with E-state index >= 15 is 0 Å². The standard InChI is InChI=1S/C11H22N2O3/c1-10(15)2-3-11(16)13-6-4-12(5-7-13)8-9-14/h10,14-15H,2-9H2,1H3. The van der Waals surface area contributed by atoms with Crippen molar-refractivity contribution in [2.75, 3.05) is 39.3 Å². The van der Waals surface area contributed by atoms with Gasteiger partial charge in [-0.05, 0) is 13.3 Å². The van der Waals surface area contributed by atoms with Crippen LogP contribution in [0.4, 0.5) is 0 Å². The molecule has 1 atom stereocenters.